The van der Waals surface area contributed by atoms with Crippen molar-refractivity contribution >= 4 is 63.7 Å². The Kier molecular flexibility index (Phi) is 6.03. The molecule has 1 N–H and O–H groups in total. The van der Waals surface area contributed by atoms with Crippen molar-refractivity contribution in [2.75, 3.05) is 6.54 Å². The number of alkyl halides is 1. The Labute approximate surface area is 176 Å². The van der Waals surface area contributed by atoms with Gasteiger partial charge in [0.15, 0.2) is 5.78 Å². The number of ketones is 2. The molecule has 0 aromatic heterocycles. The highest BCUT2D eigenvalue weighted by atomic mass is 35.5. The molecule has 146 valence electrons. The van der Waals surface area contributed by atoms with Gasteiger partial charge in [0.1, 0.15) is 11.4 Å². The highest BCUT2D eigenvalue weighted by Crippen LogP contribution is 2.30. The zero-order valence-electron chi connectivity index (χ0n) is 15.1. The molecule has 1 amide bonds. The van der Waals surface area contributed by atoms with Crippen LogP contribution in [0.25, 0.3) is 0 Å². The number of rotatable bonds is 4. The van der Waals surface area contributed by atoms with Crippen molar-refractivity contribution in [1.82, 2.24) is 5.43 Å². The number of aliphatic imine (C=N–C) groups is 1. The molecule has 1 unspecified atom stereocenters. The highest BCUT2D eigenvalue weighted by molar-refractivity contribution is 6.56. The number of amides is 1. The number of hydrazone groups is 1. The Balaban J connectivity index is 1.97. The van der Waals surface area contributed by atoms with Gasteiger partial charge in [-0.3, -0.25) is 19.4 Å². The van der Waals surface area contributed by atoms with E-state index in [2.05, 4.69) is 15.5 Å². The van der Waals surface area contributed by atoms with Crippen molar-refractivity contribution in [3.8, 4) is 0 Å². The summed E-state index contributed by atoms with van der Waals surface area (Å²) in [6.07, 6.45) is 1.37. The molecule has 1 aromatic rings. The van der Waals surface area contributed by atoms with Gasteiger partial charge < -0.3 is 0 Å². The van der Waals surface area contributed by atoms with E-state index >= 15 is 0 Å². The predicted octanol–water partition coefficient (Wildman–Crippen LogP) is 3.61. The van der Waals surface area contributed by atoms with Gasteiger partial charge in [-0.25, -0.2) is 5.43 Å². The number of hydrogen-bond donors (Lipinski definition) is 1. The largest absolute Gasteiger partial charge is 0.292 e. The van der Waals surface area contributed by atoms with Crippen molar-refractivity contribution < 1.29 is 14.4 Å². The van der Waals surface area contributed by atoms with E-state index in [0.717, 1.165) is 5.57 Å². The minimum atomic E-state index is -0.488. The minimum Gasteiger partial charge on any atom is -0.292 e. The molecule has 0 radical (unpaired) electrons. The summed E-state index contributed by atoms with van der Waals surface area (Å²) in [4.78, 5) is 40.5. The zero-order valence-corrected chi connectivity index (χ0v) is 17.3. The number of Topliss-reactive ketones (excluding diaryl/α,β-unsaturated/α-hetero) is 2. The van der Waals surface area contributed by atoms with Gasteiger partial charge in [-0.15, -0.1) is 11.6 Å². The van der Waals surface area contributed by atoms with Crippen LogP contribution in [0.5, 0.6) is 0 Å². The molecule has 3 rings (SSSR count). The molecule has 1 aromatic carbocycles. The Bertz CT molecular complexity index is 957. The van der Waals surface area contributed by atoms with E-state index in [9.17, 15) is 14.4 Å². The maximum Gasteiger partial charge on any atom is 0.247 e. The Morgan fingerprint density at radius 1 is 1.21 bits per heavy atom. The second-order valence-electron chi connectivity index (χ2n) is 6.73. The van der Waals surface area contributed by atoms with Crippen molar-refractivity contribution in [2.45, 2.75) is 25.6 Å². The Morgan fingerprint density at radius 3 is 2.43 bits per heavy atom. The Hall–Kier alpha value is -2.02. The van der Waals surface area contributed by atoms with Gasteiger partial charge in [0.05, 0.1) is 34.0 Å². The molecule has 0 saturated heterocycles. The van der Waals surface area contributed by atoms with Crippen molar-refractivity contribution in [3.63, 3.8) is 0 Å². The fourth-order valence-corrected chi connectivity index (χ4v) is 4.02. The summed E-state index contributed by atoms with van der Waals surface area (Å²) in [6.45, 7) is 4.28. The van der Waals surface area contributed by atoms with E-state index in [1.54, 1.807) is 6.08 Å². The molecule has 0 bridgehead atoms. The van der Waals surface area contributed by atoms with E-state index in [1.165, 1.54) is 12.1 Å². The summed E-state index contributed by atoms with van der Waals surface area (Å²) >= 11 is 18.9. The van der Waals surface area contributed by atoms with Gasteiger partial charge in [-0.05, 0) is 29.7 Å². The molecular formula is C19H16Cl3N3O3. The van der Waals surface area contributed by atoms with Crippen LogP contribution in [0.3, 0.4) is 0 Å². The van der Waals surface area contributed by atoms with E-state index in [0.29, 0.717) is 12.1 Å². The summed E-state index contributed by atoms with van der Waals surface area (Å²) in [5.41, 5.74) is 3.84. The lowest BCUT2D eigenvalue weighted by atomic mass is 9.93. The van der Waals surface area contributed by atoms with Gasteiger partial charge in [0, 0.05) is 5.56 Å². The van der Waals surface area contributed by atoms with Crippen molar-refractivity contribution in [3.05, 3.63) is 45.0 Å². The van der Waals surface area contributed by atoms with Crippen LogP contribution in [0.15, 0.2) is 33.9 Å². The zero-order chi connectivity index (χ0) is 20.6. The summed E-state index contributed by atoms with van der Waals surface area (Å²) in [5, 5.41) is 3.64. The lowest BCUT2D eigenvalue weighted by Gasteiger charge is -2.21. The molecular weight excluding hydrogens is 425 g/mol. The second-order valence-corrected chi connectivity index (χ2v) is 8.07. The molecule has 1 atom stereocenters. The van der Waals surface area contributed by atoms with Crippen LogP contribution in [-0.2, 0) is 9.59 Å². The van der Waals surface area contributed by atoms with Crippen LogP contribution in [0.2, 0.25) is 10.0 Å². The number of hydrogen-bond acceptors (Lipinski definition) is 5. The van der Waals surface area contributed by atoms with Gasteiger partial charge >= 0.3 is 0 Å². The van der Waals surface area contributed by atoms with Gasteiger partial charge in [0.2, 0.25) is 11.7 Å². The van der Waals surface area contributed by atoms with Crippen molar-refractivity contribution in [1.29, 1.82) is 0 Å². The first-order valence-corrected chi connectivity index (χ1v) is 9.72. The topological polar surface area (TPSA) is 88.0 Å². The average molecular weight is 441 g/mol. The normalized spacial score (nSPS) is 19.8. The fraction of sp³-hybridized carbons (Fsp3) is 0.316. The summed E-state index contributed by atoms with van der Waals surface area (Å²) in [6, 6.07) is 2.85. The molecule has 6 nitrogen and oxygen atoms in total. The third-order valence-corrected chi connectivity index (χ3v) is 5.39. The maximum absolute atomic E-state index is 13.0. The number of carbonyl (C=O) groups is 3. The lowest BCUT2D eigenvalue weighted by Crippen LogP contribution is -2.33. The van der Waals surface area contributed by atoms with Crippen molar-refractivity contribution in [2.24, 2.45) is 16.0 Å². The molecule has 2 aliphatic rings. The van der Waals surface area contributed by atoms with Gasteiger partial charge in [0.25, 0.3) is 0 Å². The molecule has 0 aliphatic carbocycles. The minimum absolute atomic E-state index is 0.0318. The number of benzene rings is 1. The van der Waals surface area contributed by atoms with Crippen LogP contribution < -0.4 is 5.43 Å². The number of nitrogens with one attached hydrogen (secondary N) is 1. The first kappa shape index (κ1) is 20.7. The first-order valence-electron chi connectivity index (χ1n) is 8.53. The molecule has 28 heavy (non-hydrogen) atoms. The predicted molar refractivity (Wildman–Crippen MR) is 110 cm³/mol. The maximum atomic E-state index is 13.0. The van der Waals surface area contributed by atoms with E-state index < -0.39 is 17.5 Å². The number of nitrogens with zero attached hydrogens (tertiary/aromatic N) is 2. The third-order valence-electron chi connectivity index (χ3n) is 4.41. The van der Waals surface area contributed by atoms with Crippen LogP contribution >= 0.6 is 34.8 Å². The SMILES string of the molecule is CC(C)C1=CC(C(=O)c2c(Cl)cc(C3=NNC(=O)CC3=O)cc2Cl)=NCC1Cl. The highest BCUT2D eigenvalue weighted by Gasteiger charge is 2.28. The third kappa shape index (κ3) is 4.04. The monoisotopic (exact) mass is 439 g/mol. The molecule has 0 saturated carbocycles. The summed E-state index contributed by atoms with van der Waals surface area (Å²) in [5.74, 6) is -1.20. The molecule has 0 spiro atoms. The number of allylic oxidation sites excluding steroid dienone is 1. The van der Waals surface area contributed by atoms with E-state index in [4.69, 9.17) is 34.8 Å². The van der Waals surface area contributed by atoms with Crippen LogP contribution in [-0.4, -0.2) is 40.8 Å². The smallest absolute Gasteiger partial charge is 0.247 e. The summed E-state index contributed by atoms with van der Waals surface area (Å²) < 4.78 is 0. The molecule has 9 heteroatoms. The lowest BCUT2D eigenvalue weighted by molar-refractivity contribution is -0.126. The number of carbonyl (C=O) groups excluding carboxylic acids is 3. The van der Waals surface area contributed by atoms with E-state index in [-0.39, 0.29) is 44.7 Å². The van der Waals surface area contributed by atoms with Gasteiger partial charge in [-0.2, -0.15) is 5.10 Å². The molecule has 2 aliphatic heterocycles. The van der Waals surface area contributed by atoms with Crippen LogP contribution in [0, 0.1) is 5.92 Å². The molecule has 2 heterocycles. The summed E-state index contributed by atoms with van der Waals surface area (Å²) in [7, 11) is 0. The Morgan fingerprint density at radius 2 is 1.86 bits per heavy atom. The fourth-order valence-electron chi connectivity index (χ4n) is 2.97. The number of dihydropyridines is 1. The van der Waals surface area contributed by atoms with Crippen LogP contribution in [0.1, 0.15) is 36.2 Å². The quantitative estimate of drug-likeness (QED) is 0.441. The van der Waals surface area contributed by atoms with Gasteiger partial charge in [-0.1, -0.05) is 37.0 Å². The second kappa shape index (κ2) is 8.15. The van der Waals surface area contributed by atoms with E-state index in [1.807, 2.05) is 13.8 Å². The standard InChI is InChI=1S/C19H16Cl3N3O3/c1-8(2)10-5-14(23-7-13(10)22)19(28)17-11(20)3-9(4-12(17)21)18-15(26)6-16(27)24-25-18/h3-5,8,13H,6-7H2,1-2H3,(H,24,27). The first-order chi connectivity index (χ1) is 13.2. The molecule has 0 fully saturated rings. The average Bonchev–Trinajstić information content (AvgIpc) is 2.61. The number of halogens is 3. The van der Waals surface area contributed by atoms with Crippen LogP contribution in [0.4, 0.5) is 0 Å².